The van der Waals surface area contributed by atoms with E-state index in [4.69, 9.17) is 10.8 Å². The summed E-state index contributed by atoms with van der Waals surface area (Å²) >= 11 is 0. The van der Waals surface area contributed by atoms with Crippen molar-refractivity contribution in [1.82, 2.24) is 0 Å². The molecule has 0 aliphatic rings. The van der Waals surface area contributed by atoms with Gasteiger partial charge >= 0.3 is 5.97 Å². The van der Waals surface area contributed by atoms with Crippen molar-refractivity contribution in [3.05, 3.63) is 0 Å². The van der Waals surface area contributed by atoms with Gasteiger partial charge in [0.15, 0.2) is 0 Å². The van der Waals surface area contributed by atoms with Crippen LogP contribution in [0.15, 0.2) is 0 Å². The highest BCUT2D eigenvalue weighted by Crippen LogP contribution is 2.11. The molecule has 64 valence electrons. The maximum absolute atomic E-state index is 10.5. The molecule has 0 aromatic heterocycles. The SMILES string of the molecule is BCCCCC(C)(N)C(=O)O. The quantitative estimate of drug-likeness (QED) is 0.436. The van der Waals surface area contributed by atoms with Crippen LogP contribution in [0, 0.1) is 0 Å². The first-order valence-corrected chi connectivity index (χ1v) is 4.03. The van der Waals surface area contributed by atoms with Gasteiger partial charge in [-0.25, -0.2) is 0 Å². The van der Waals surface area contributed by atoms with Crippen molar-refractivity contribution in [3.63, 3.8) is 0 Å². The van der Waals surface area contributed by atoms with E-state index in [1.165, 1.54) is 0 Å². The van der Waals surface area contributed by atoms with Crippen molar-refractivity contribution in [2.45, 2.75) is 38.0 Å². The molecule has 0 fully saturated rings. The van der Waals surface area contributed by atoms with Gasteiger partial charge in [0.1, 0.15) is 13.4 Å². The third-order valence-corrected chi connectivity index (χ3v) is 1.79. The zero-order valence-electron chi connectivity index (χ0n) is 7.26. The molecule has 0 radical (unpaired) electrons. The Morgan fingerprint density at radius 3 is 2.55 bits per heavy atom. The first-order valence-electron chi connectivity index (χ1n) is 4.03. The Hall–Kier alpha value is -0.505. The Labute approximate surface area is 68.4 Å². The maximum atomic E-state index is 10.5. The van der Waals surface area contributed by atoms with Gasteiger partial charge < -0.3 is 10.8 Å². The van der Waals surface area contributed by atoms with Gasteiger partial charge in [0.05, 0.1) is 0 Å². The first kappa shape index (κ1) is 10.5. The third kappa shape index (κ3) is 4.04. The van der Waals surface area contributed by atoms with Crippen molar-refractivity contribution in [2.24, 2.45) is 5.73 Å². The second-order valence-corrected chi connectivity index (χ2v) is 3.18. The number of nitrogens with two attached hydrogens (primary N) is 1. The Balaban J connectivity index is 3.64. The first-order chi connectivity index (χ1) is 5.00. The topological polar surface area (TPSA) is 63.3 Å². The predicted octanol–water partition coefficient (Wildman–Crippen LogP) is 0.0101. The highest BCUT2D eigenvalue weighted by atomic mass is 16.4. The van der Waals surface area contributed by atoms with Crippen molar-refractivity contribution < 1.29 is 9.90 Å². The zero-order valence-corrected chi connectivity index (χ0v) is 7.26. The lowest BCUT2D eigenvalue weighted by atomic mass is 9.92. The minimum absolute atomic E-state index is 0.566. The van der Waals surface area contributed by atoms with Crippen LogP contribution in [0.4, 0.5) is 0 Å². The van der Waals surface area contributed by atoms with Gasteiger partial charge in [-0.3, -0.25) is 4.79 Å². The number of carboxylic acids is 1. The molecule has 0 aliphatic carbocycles. The van der Waals surface area contributed by atoms with Gasteiger partial charge in [0.25, 0.3) is 0 Å². The fraction of sp³-hybridized carbons (Fsp3) is 0.857. The van der Waals surface area contributed by atoms with Crippen LogP contribution in [-0.4, -0.2) is 24.5 Å². The number of hydrogen-bond donors (Lipinski definition) is 2. The maximum Gasteiger partial charge on any atom is 0.323 e. The van der Waals surface area contributed by atoms with Crippen molar-refractivity contribution in [2.75, 3.05) is 0 Å². The predicted molar refractivity (Wildman–Crippen MR) is 47.4 cm³/mol. The van der Waals surface area contributed by atoms with Gasteiger partial charge in [-0.1, -0.05) is 19.2 Å². The number of hydrogen-bond acceptors (Lipinski definition) is 2. The number of rotatable bonds is 5. The van der Waals surface area contributed by atoms with E-state index < -0.39 is 11.5 Å². The number of carboxylic acid groups (broad SMARTS) is 1. The molecule has 0 saturated carbocycles. The largest absolute Gasteiger partial charge is 0.480 e. The average molecular weight is 157 g/mol. The molecular formula is C7H16BNO2. The minimum atomic E-state index is -1.03. The van der Waals surface area contributed by atoms with Gasteiger partial charge in [-0.05, 0) is 13.3 Å². The number of aliphatic carboxylic acids is 1. The monoisotopic (exact) mass is 157 g/mol. The minimum Gasteiger partial charge on any atom is -0.480 e. The van der Waals surface area contributed by atoms with Gasteiger partial charge in [0, 0.05) is 0 Å². The summed E-state index contributed by atoms with van der Waals surface area (Å²) < 4.78 is 0. The van der Waals surface area contributed by atoms with E-state index in [-0.39, 0.29) is 0 Å². The Kier molecular flexibility index (Phi) is 4.19. The second kappa shape index (κ2) is 4.39. The molecule has 0 aliphatic heterocycles. The third-order valence-electron chi connectivity index (χ3n) is 1.79. The van der Waals surface area contributed by atoms with Crippen LogP contribution in [0.5, 0.6) is 0 Å². The van der Waals surface area contributed by atoms with E-state index >= 15 is 0 Å². The molecule has 0 aromatic carbocycles. The van der Waals surface area contributed by atoms with Crippen LogP contribution in [-0.2, 0) is 4.79 Å². The molecule has 4 heteroatoms. The summed E-state index contributed by atoms with van der Waals surface area (Å²) in [5.74, 6) is -0.909. The van der Waals surface area contributed by atoms with E-state index in [1.807, 2.05) is 0 Å². The highest BCUT2D eigenvalue weighted by Gasteiger charge is 2.26. The van der Waals surface area contributed by atoms with Crippen molar-refractivity contribution >= 4 is 13.8 Å². The normalized spacial score (nSPS) is 15.8. The molecule has 3 N–H and O–H groups in total. The molecule has 0 saturated heterocycles. The summed E-state index contributed by atoms with van der Waals surface area (Å²) in [4.78, 5) is 10.5. The van der Waals surface area contributed by atoms with Crippen molar-refractivity contribution in [3.8, 4) is 0 Å². The molecule has 1 atom stereocenters. The molecule has 0 heterocycles. The highest BCUT2D eigenvalue weighted by molar-refractivity contribution is 6.08. The molecule has 0 rings (SSSR count). The summed E-state index contributed by atoms with van der Waals surface area (Å²) in [5.41, 5.74) is 4.47. The Bertz CT molecular complexity index is 136. The van der Waals surface area contributed by atoms with Crippen LogP contribution in [0.1, 0.15) is 26.2 Å². The fourth-order valence-corrected chi connectivity index (χ4v) is 0.849. The van der Waals surface area contributed by atoms with E-state index in [0.717, 1.165) is 19.2 Å². The zero-order chi connectivity index (χ0) is 8.91. The fourth-order valence-electron chi connectivity index (χ4n) is 0.849. The number of unbranched alkanes of at least 4 members (excludes halogenated alkanes) is 1. The number of carbonyl (C=O) groups is 1. The molecule has 0 aromatic rings. The van der Waals surface area contributed by atoms with Gasteiger partial charge in [-0.15, -0.1) is 0 Å². The van der Waals surface area contributed by atoms with Gasteiger partial charge in [-0.2, -0.15) is 0 Å². The van der Waals surface area contributed by atoms with E-state index in [2.05, 4.69) is 7.85 Å². The molecule has 0 bridgehead atoms. The van der Waals surface area contributed by atoms with Gasteiger partial charge in [0.2, 0.25) is 0 Å². The van der Waals surface area contributed by atoms with Crippen molar-refractivity contribution in [1.29, 1.82) is 0 Å². The molecule has 0 spiro atoms. The Morgan fingerprint density at radius 1 is 1.64 bits per heavy atom. The summed E-state index contributed by atoms with van der Waals surface area (Å²) in [6.45, 7) is 1.56. The summed E-state index contributed by atoms with van der Waals surface area (Å²) in [5, 5.41) is 8.62. The molecule has 3 nitrogen and oxygen atoms in total. The van der Waals surface area contributed by atoms with E-state index in [9.17, 15) is 4.79 Å². The lowest BCUT2D eigenvalue weighted by Crippen LogP contribution is -2.44. The molecule has 1 unspecified atom stereocenters. The smallest absolute Gasteiger partial charge is 0.323 e. The van der Waals surface area contributed by atoms with Crippen LogP contribution in [0.3, 0.4) is 0 Å². The standard InChI is InChI=1S/C7H16BNO2/c1-7(9,6(10)11)4-2-3-5-8/h2-5,8-9H2,1H3,(H,10,11). The second-order valence-electron chi connectivity index (χ2n) is 3.18. The van der Waals surface area contributed by atoms with Crippen LogP contribution < -0.4 is 5.73 Å². The summed E-state index contributed by atoms with van der Waals surface area (Å²) in [7, 11) is 2.08. The van der Waals surface area contributed by atoms with Crippen LogP contribution >= 0.6 is 0 Å². The van der Waals surface area contributed by atoms with Crippen LogP contribution in [0.25, 0.3) is 0 Å². The molecule has 11 heavy (non-hydrogen) atoms. The Morgan fingerprint density at radius 2 is 2.18 bits per heavy atom. The lowest BCUT2D eigenvalue weighted by Gasteiger charge is -2.18. The average Bonchev–Trinajstić information content (AvgIpc) is 1.88. The molecule has 0 amide bonds. The summed E-state index contributed by atoms with van der Waals surface area (Å²) in [6, 6.07) is 0. The van der Waals surface area contributed by atoms with Crippen LogP contribution in [0.2, 0.25) is 6.32 Å². The van der Waals surface area contributed by atoms with E-state index in [0.29, 0.717) is 6.42 Å². The lowest BCUT2D eigenvalue weighted by molar-refractivity contribution is -0.142. The summed E-state index contributed by atoms with van der Waals surface area (Å²) in [6.07, 6.45) is 3.61. The molecular weight excluding hydrogens is 141 g/mol. The van der Waals surface area contributed by atoms with E-state index in [1.54, 1.807) is 6.92 Å².